The number of nitrogens with one attached hydrogen (secondary N) is 2. The van der Waals surface area contributed by atoms with Gasteiger partial charge in [0.2, 0.25) is 0 Å². The number of thiazole rings is 1. The number of hydrogen-bond donors (Lipinski definition) is 3. The first-order valence-corrected chi connectivity index (χ1v) is 8.64. The molecule has 2 heterocycles. The van der Waals surface area contributed by atoms with Crippen LogP contribution in [0, 0.1) is 0 Å². The number of nitrogen functional groups attached to an aromatic ring is 1. The third-order valence-electron chi connectivity index (χ3n) is 2.45. The molecule has 2 rings (SSSR count). The van der Waals surface area contributed by atoms with E-state index in [4.69, 9.17) is 5.73 Å². The first-order valence-electron chi connectivity index (χ1n) is 5.62. The number of rotatable bonds is 4. The minimum Gasteiger partial charge on any atom is -0.382 e. The van der Waals surface area contributed by atoms with Crippen molar-refractivity contribution in [2.45, 2.75) is 5.25 Å². The molecule has 1 atom stereocenters. The number of amides is 1. The molecule has 18 heavy (non-hydrogen) atoms. The summed E-state index contributed by atoms with van der Waals surface area (Å²) in [5, 5.41) is 7.00. The Morgan fingerprint density at radius 2 is 2.39 bits per heavy atom. The van der Waals surface area contributed by atoms with Crippen molar-refractivity contribution in [2.75, 3.05) is 41.9 Å². The summed E-state index contributed by atoms with van der Waals surface area (Å²) in [4.78, 5) is 16.5. The van der Waals surface area contributed by atoms with E-state index in [1.54, 1.807) is 7.05 Å². The molecule has 0 aromatic carbocycles. The van der Waals surface area contributed by atoms with Gasteiger partial charge < -0.3 is 16.4 Å². The zero-order valence-corrected chi connectivity index (χ0v) is 12.5. The molecule has 1 amide bonds. The van der Waals surface area contributed by atoms with Crippen LogP contribution < -0.4 is 16.4 Å². The summed E-state index contributed by atoms with van der Waals surface area (Å²) in [5.41, 5.74) is 5.72. The lowest BCUT2D eigenvalue weighted by atomic mass is 10.4. The van der Waals surface area contributed by atoms with Gasteiger partial charge in [0, 0.05) is 36.1 Å². The summed E-state index contributed by atoms with van der Waals surface area (Å²) in [6.07, 6.45) is 0. The quantitative estimate of drug-likeness (QED) is 0.779. The van der Waals surface area contributed by atoms with Crippen LogP contribution in [0.5, 0.6) is 0 Å². The molecule has 1 aromatic rings. The summed E-state index contributed by atoms with van der Waals surface area (Å²) in [6, 6.07) is 0. The van der Waals surface area contributed by atoms with Crippen LogP contribution in [0.25, 0.3) is 0 Å². The van der Waals surface area contributed by atoms with Gasteiger partial charge in [-0.25, -0.2) is 4.98 Å². The van der Waals surface area contributed by atoms with Gasteiger partial charge in [0.15, 0.2) is 5.13 Å². The highest BCUT2D eigenvalue weighted by Gasteiger charge is 2.19. The van der Waals surface area contributed by atoms with Crippen LogP contribution in [0.4, 0.5) is 10.9 Å². The normalized spacial score (nSPS) is 19.5. The zero-order valence-electron chi connectivity index (χ0n) is 10.1. The Bertz CT molecular complexity index is 417. The standard InChI is InChI=1S/C10H16N4OS3/c1-12-10-14-8(11)7(18-10)9(15)13-4-6-5-16-2-3-17-6/h6H,2-5,11H2,1H3,(H,12,14)(H,13,15). The van der Waals surface area contributed by atoms with Crippen LogP contribution in [-0.4, -0.2) is 47.0 Å². The number of carbonyl (C=O) groups is 1. The largest absolute Gasteiger partial charge is 0.382 e. The summed E-state index contributed by atoms with van der Waals surface area (Å²) in [5.74, 6) is 3.65. The molecule has 0 saturated carbocycles. The maximum Gasteiger partial charge on any atom is 0.265 e. The lowest BCUT2D eigenvalue weighted by molar-refractivity contribution is 0.0959. The molecule has 0 spiro atoms. The summed E-state index contributed by atoms with van der Waals surface area (Å²) in [7, 11) is 1.76. The molecule has 0 radical (unpaired) electrons. The molecule has 0 aliphatic carbocycles. The highest BCUT2D eigenvalue weighted by atomic mass is 32.2. The van der Waals surface area contributed by atoms with E-state index in [-0.39, 0.29) is 5.91 Å². The van der Waals surface area contributed by atoms with Crippen LogP contribution in [0.1, 0.15) is 9.67 Å². The molecule has 1 aliphatic rings. The van der Waals surface area contributed by atoms with Crippen molar-refractivity contribution in [3.63, 3.8) is 0 Å². The van der Waals surface area contributed by atoms with Gasteiger partial charge >= 0.3 is 0 Å². The maximum atomic E-state index is 12.0. The van der Waals surface area contributed by atoms with Gasteiger partial charge in [-0.05, 0) is 0 Å². The fourth-order valence-electron chi connectivity index (χ4n) is 1.54. The Kier molecular flexibility index (Phi) is 5.02. The van der Waals surface area contributed by atoms with Crippen molar-refractivity contribution in [2.24, 2.45) is 0 Å². The van der Waals surface area contributed by atoms with Crippen molar-refractivity contribution < 1.29 is 4.79 Å². The molecule has 4 N–H and O–H groups in total. The third kappa shape index (κ3) is 3.46. The summed E-state index contributed by atoms with van der Waals surface area (Å²) >= 11 is 5.15. The second kappa shape index (κ2) is 6.53. The monoisotopic (exact) mass is 304 g/mol. The Balaban J connectivity index is 1.88. The van der Waals surface area contributed by atoms with Crippen molar-refractivity contribution in [1.82, 2.24) is 10.3 Å². The van der Waals surface area contributed by atoms with E-state index in [1.807, 2.05) is 23.5 Å². The van der Waals surface area contributed by atoms with Gasteiger partial charge in [-0.3, -0.25) is 4.79 Å². The number of nitrogens with two attached hydrogens (primary N) is 1. The Morgan fingerprint density at radius 1 is 1.56 bits per heavy atom. The van der Waals surface area contributed by atoms with E-state index in [9.17, 15) is 4.79 Å². The average molecular weight is 304 g/mol. The Labute approximate surface area is 119 Å². The van der Waals surface area contributed by atoms with Gasteiger partial charge in [0.1, 0.15) is 10.7 Å². The SMILES string of the molecule is CNc1nc(N)c(C(=O)NCC2CSCCS2)s1. The van der Waals surface area contributed by atoms with E-state index >= 15 is 0 Å². The smallest absolute Gasteiger partial charge is 0.265 e. The first-order chi connectivity index (χ1) is 8.70. The second-order valence-electron chi connectivity index (χ2n) is 3.76. The van der Waals surface area contributed by atoms with E-state index in [0.717, 1.165) is 11.5 Å². The van der Waals surface area contributed by atoms with E-state index < -0.39 is 0 Å². The number of anilines is 2. The predicted octanol–water partition coefficient (Wildman–Crippen LogP) is 1.35. The van der Waals surface area contributed by atoms with E-state index in [0.29, 0.717) is 27.6 Å². The van der Waals surface area contributed by atoms with Gasteiger partial charge in [0.25, 0.3) is 5.91 Å². The molecule has 100 valence electrons. The van der Waals surface area contributed by atoms with Crippen LogP contribution in [0.15, 0.2) is 0 Å². The summed E-state index contributed by atoms with van der Waals surface area (Å²) in [6.45, 7) is 0.697. The minimum atomic E-state index is -0.123. The van der Waals surface area contributed by atoms with Crippen LogP contribution in [0.3, 0.4) is 0 Å². The minimum absolute atomic E-state index is 0.123. The van der Waals surface area contributed by atoms with Crippen LogP contribution in [0.2, 0.25) is 0 Å². The van der Waals surface area contributed by atoms with Crippen molar-refractivity contribution in [3.05, 3.63) is 4.88 Å². The van der Waals surface area contributed by atoms with Gasteiger partial charge in [-0.1, -0.05) is 11.3 Å². The number of thioether (sulfide) groups is 2. The highest BCUT2D eigenvalue weighted by Crippen LogP contribution is 2.25. The Hall–Kier alpha value is -0.600. The number of nitrogens with zero attached hydrogens (tertiary/aromatic N) is 1. The molecule has 0 bridgehead atoms. The molecule has 5 nitrogen and oxygen atoms in total. The molecule has 8 heteroatoms. The van der Waals surface area contributed by atoms with Gasteiger partial charge in [-0.2, -0.15) is 23.5 Å². The summed E-state index contributed by atoms with van der Waals surface area (Å²) < 4.78 is 0. The van der Waals surface area contributed by atoms with Crippen molar-refractivity contribution in [1.29, 1.82) is 0 Å². The second-order valence-corrected chi connectivity index (χ2v) is 7.32. The van der Waals surface area contributed by atoms with Gasteiger partial charge in [-0.15, -0.1) is 0 Å². The van der Waals surface area contributed by atoms with Crippen LogP contribution in [-0.2, 0) is 0 Å². The molecule has 1 unspecified atom stereocenters. The predicted molar refractivity (Wildman–Crippen MR) is 82.0 cm³/mol. The molecule has 1 aliphatic heterocycles. The maximum absolute atomic E-state index is 12.0. The lowest BCUT2D eigenvalue weighted by Gasteiger charge is -2.20. The average Bonchev–Trinajstić information content (AvgIpc) is 2.78. The fourth-order valence-corrected chi connectivity index (χ4v) is 4.91. The number of carbonyl (C=O) groups excluding carboxylic acids is 1. The topological polar surface area (TPSA) is 80.0 Å². The number of aromatic nitrogens is 1. The molecular weight excluding hydrogens is 288 g/mol. The lowest BCUT2D eigenvalue weighted by Crippen LogP contribution is -2.33. The zero-order chi connectivity index (χ0) is 13.0. The van der Waals surface area contributed by atoms with E-state index in [1.165, 1.54) is 17.1 Å². The molecule has 1 aromatic heterocycles. The molecule has 1 saturated heterocycles. The third-order valence-corrected chi connectivity index (χ3v) is 6.38. The van der Waals surface area contributed by atoms with Crippen molar-refractivity contribution in [3.8, 4) is 0 Å². The van der Waals surface area contributed by atoms with Crippen molar-refractivity contribution >= 4 is 51.7 Å². The first kappa shape index (κ1) is 13.8. The molecule has 1 fully saturated rings. The Morgan fingerprint density at radius 3 is 3.00 bits per heavy atom. The highest BCUT2D eigenvalue weighted by molar-refractivity contribution is 8.06. The molecular formula is C10H16N4OS3. The fraction of sp³-hybridized carbons (Fsp3) is 0.600. The number of hydrogen-bond acceptors (Lipinski definition) is 7. The van der Waals surface area contributed by atoms with E-state index in [2.05, 4.69) is 15.6 Å². The van der Waals surface area contributed by atoms with Crippen LogP contribution >= 0.6 is 34.9 Å². The van der Waals surface area contributed by atoms with Gasteiger partial charge in [0.05, 0.1) is 0 Å².